The van der Waals surface area contributed by atoms with Gasteiger partial charge in [0.05, 0.1) is 5.56 Å². The van der Waals surface area contributed by atoms with Crippen LogP contribution in [0.4, 0.5) is 0 Å². The van der Waals surface area contributed by atoms with E-state index in [1.807, 2.05) is 12.1 Å². The summed E-state index contributed by atoms with van der Waals surface area (Å²) < 4.78 is 0. The molecule has 0 saturated heterocycles. The van der Waals surface area contributed by atoms with E-state index >= 15 is 0 Å². The summed E-state index contributed by atoms with van der Waals surface area (Å²) in [7, 11) is 0. The van der Waals surface area contributed by atoms with E-state index < -0.39 is 0 Å². The fourth-order valence-corrected chi connectivity index (χ4v) is 2.41. The molecule has 0 spiro atoms. The van der Waals surface area contributed by atoms with Gasteiger partial charge in [-0.15, -0.1) is 0 Å². The predicted molar refractivity (Wildman–Crippen MR) is 105 cm³/mol. The second-order valence-electron chi connectivity index (χ2n) is 8.66. The molecule has 0 aliphatic carbocycles. The number of amides is 1. The molecule has 0 aliphatic heterocycles. The van der Waals surface area contributed by atoms with Gasteiger partial charge in [-0.25, -0.2) is 0 Å². The van der Waals surface area contributed by atoms with Crippen LogP contribution in [-0.4, -0.2) is 17.4 Å². The van der Waals surface area contributed by atoms with E-state index in [2.05, 4.69) is 51.8 Å². The van der Waals surface area contributed by atoms with Crippen LogP contribution in [0.2, 0.25) is 0 Å². The Morgan fingerprint density at radius 1 is 1.00 bits per heavy atom. The number of aromatic nitrogens is 1. The number of unbranched alkanes of at least 4 members (excludes halogenated alkanes) is 3. The molecule has 0 aliphatic rings. The highest BCUT2D eigenvalue weighted by molar-refractivity contribution is 5.93. The van der Waals surface area contributed by atoms with Crippen LogP contribution in [0.5, 0.6) is 0 Å². The van der Waals surface area contributed by atoms with Gasteiger partial charge in [0.1, 0.15) is 0 Å². The number of pyridine rings is 1. The summed E-state index contributed by atoms with van der Waals surface area (Å²) in [5.74, 6) is -0.0207. The summed E-state index contributed by atoms with van der Waals surface area (Å²) in [5.41, 5.74) is 2.10. The van der Waals surface area contributed by atoms with Crippen LogP contribution in [0.15, 0.2) is 18.3 Å². The zero-order valence-corrected chi connectivity index (χ0v) is 15.8. The van der Waals surface area contributed by atoms with E-state index in [1.165, 1.54) is 25.7 Å². The van der Waals surface area contributed by atoms with Crippen molar-refractivity contribution in [2.75, 3.05) is 6.54 Å². The second kappa shape index (κ2) is 9.80. The topological polar surface area (TPSA) is 42.0 Å². The van der Waals surface area contributed by atoms with Crippen LogP contribution in [-0.2, 0) is 5.41 Å². The van der Waals surface area contributed by atoms with Crippen molar-refractivity contribution < 1.29 is 4.79 Å². The van der Waals surface area contributed by atoms with Gasteiger partial charge in [-0.3, -0.25) is 9.78 Å². The molecule has 3 heteroatoms. The van der Waals surface area contributed by atoms with Crippen LogP contribution in [0.3, 0.4) is 0 Å². The molecular weight excluding hydrogens is 296 g/mol. The molecule has 24 heavy (non-hydrogen) atoms. The summed E-state index contributed by atoms with van der Waals surface area (Å²) >= 11 is 0. The van der Waals surface area contributed by atoms with Gasteiger partial charge in [0.25, 0.3) is 5.91 Å². The summed E-state index contributed by atoms with van der Waals surface area (Å²) in [6.45, 7) is 14.0. The van der Waals surface area contributed by atoms with Crippen LogP contribution < -0.4 is 5.32 Å². The lowest BCUT2D eigenvalue weighted by atomic mass is 9.89. The third-order valence-electron chi connectivity index (χ3n) is 3.93. The fraction of sp³-hybridized carbons (Fsp3) is 0.714. The van der Waals surface area contributed by atoms with Crippen LogP contribution in [0.25, 0.3) is 0 Å². The minimum atomic E-state index is -0.0207. The van der Waals surface area contributed by atoms with E-state index in [0.717, 1.165) is 18.7 Å². The minimum absolute atomic E-state index is 0. The lowest BCUT2D eigenvalue weighted by Gasteiger charge is -2.17. The molecule has 0 fully saturated rings. The highest BCUT2D eigenvalue weighted by Gasteiger charge is 2.15. The molecule has 0 unspecified atom stereocenters. The standard InChI is InChI=1S/C20H34N2O.CH4/c1-19(2,3)13-9-7-8-10-14-21-18(23)16-11-12-17(22-15-16)20(4,5)6;/h11-12,15H,7-10,13-14H2,1-6H3,(H,21,23);1H4. The third-order valence-corrected chi connectivity index (χ3v) is 3.93. The Morgan fingerprint density at radius 2 is 1.62 bits per heavy atom. The molecule has 1 rings (SSSR count). The molecule has 3 nitrogen and oxygen atoms in total. The first-order valence-corrected chi connectivity index (χ1v) is 8.84. The second-order valence-corrected chi connectivity index (χ2v) is 8.66. The summed E-state index contributed by atoms with van der Waals surface area (Å²) in [6, 6.07) is 3.81. The number of nitrogens with zero attached hydrogens (tertiary/aromatic N) is 1. The summed E-state index contributed by atoms with van der Waals surface area (Å²) in [5, 5.41) is 2.99. The predicted octanol–water partition coefficient (Wildman–Crippen LogP) is 5.74. The van der Waals surface area contributed by atoms with Gasteiger partial charge in [0.15, 0.2) is 0 Å². The van der Waals surface area contributed by atoms with Crippen molar-refractivity contribution in [3.05, 3.63) is 29.6 Å². The van der Waals surface area contributed by atoms with Gasteiger partial charge in [0, 0.05) is 23.9 Å². The Labute approximate surface area is 149 Å². The first-order chi connectivity index (χ1) is 10.6. The van der Waals surface area contributed by atoms with Crippen molar-refractivity contribution in [2.24, 2.45) is 5.41 Å². The number of carbonyl (C=O) groups is 1. The van der Waals surface area contributed by atoms with Gasteiger partial charge in [-0.2, -0.15) is 0 Å². The van der Waals surface area contributed by atoms with Gasteiger partial charge in [0.2, 0.25) is 0 Å². The van der Waals surface area contributed by atoms with Crippen molar-refractivity contribution in [2.45, 2.75) is 86.5 Å². The molecule has 0 radical (unpaired) electrons. The third kappa shape index (κ3) is 9.05. The average Bonchev–Trinajstić information content (AvgIpc) is 2.44. The lowest BCUT2D eigenvalue weighted by Crippen LogP contribution is -2.25. The highest BCUT2D eigenvalue weighted by atomic mass is 16.1. The first kappa shape index (κ1) is 22.6. The molecule has 0 aromatic carbocycles. The largest absolute Gasteiger partial charge is 0.352 e. The molecule has 1 N–H and O–H groups in total. The van der Waals surface area contributed by atoms with Crippen LogP contribution in [0.1, 0.15) is 97.1 Å². The van der Waals surface area contributed by atoms with Gasteiger partial charge in [-0.1, -0.05) is 68.2 Å². The zero-order valence-electron chi connectivity index (χ0n) is 15.8. The van der Waals surface area contributed by atoms with E-state index in [-0.39, 0.29) is 18.7 Å². The maximum Gasteiger partial charge on any atom is 0.252 e. The average molecular weight is 335 g/mol. The quantitative estimate of drug-likeness (QED) is 0.646. The molecule has 0 saturated carbocycles. The van der Waals surface area contributed by atoms with E-state index in [4.69, 9.17) is 0 Å². The molecular formula is C21H38N2O. The minimum Gasteiger partial charge on any atom is -0.352 e. The number of carbonyl (C=O) groups excluding carboxylic acids is 1. The molecule has 1 aromatic rings. The number of rotatable bonds is 7. The molecule has 0 bridgehead atoms. The Bertz CT molecular complexity index is 478. The Kier molecular flexibility index (Phi) is 9.24. The van der Waals surface area contributed by atoms with E-state index in [9.17, 15) is 4.79 Å². The zero-order chi connectivity index (χ0) is 17.5. The first-order valence-electron chi connectivity index (χ1n) is 8.84. The van der Waals surface area contributed by atoms with Crippen molar-refractivity contribution >= 4 is 5.91 Å². The number of nitrogens with one attached hydrogen (secondary N) is 1. The maximum atomic E-state index is 12.1. The summed E-state index contributed by atoms with van der Waals surface area (Å²) in [4.78, 5) is 16.5. The van der Waals surface area contributed by atoms with Crippen molar-refractivity contribution in [3.63, 3.8) is 0 Å². The molecule has 1 heterocycles. The molecule has 1 amide bonds. The smallest absolute Gasteiger partial charge is 0.252 e. The van der Waals surface area contributed by atoms with Crippen molar-refractivity contribution in [3.8, 4) is 0 Å². The lowest BCUT2D eigenvalue weighted by molar-refractivity contribution is 0.0952. The summed E-state index contributed by atoms with van der Waals surface area (Å²) in [6.07, 6.45) is 7.69. The van der Waals surface area contributed by atoms with Crippen molar-refractivity contribution in [1.82, 2.24) is 10.3 Å². The van der Waals surface area contributed by atoms with Gasteiger partial charge < -0.3 is 5.32 Å². The highest BCUT2D eigenvalue weighted by Crippen LogP contribution is 2.22. The van der Waals surface area contributed by atoms with Crippen LogP contribution >= 0.6 is 0 Å². The van der Waals surface area contributed by atoms with E-state index in [0.29, 0.717) is 11.0 Å². The normalized spacial score (nSPS) is 11.8. The maximum absolute atomic E-state index is 12.1. The number of hydrogen-bond donors (Lipinski definition) is 1. The number of hydrogen-bond acceptors (Lipinski definition) is 2. The van der Waals surface area contributed by atoms with E-state index in [1.54, 1.807) is 6.20 Å². The Morgan fingerprint density at radius 3 is 2.12 bits per heavy atom. The van der Waals surface area contributed by atoms with Crippen molar-refractivity contribution in [1.29, 1.82) is 0 Å². The SMILES string of the molecule is C.CC(C)(C)CCCCCCNC(=O)c1ccc(C(C)(C)C)nc1. The Hall–Kier alpha value is -1.38. The molecule has 0 atom stereocenters. The van der Waals surface area contributed by atoms with Crippen LogP contribution in [0, 0.1) is 5.41 Å². The van der Waals surface area contributed by atoms with Gasteiger partial charge in [-0.05, 0) is 30.4 Å². The van der Waals surface area contributed by atoms with Gasteiger partial charge >= 0.3 is 0 Å². The molecule has 1 aromatic heterocycles. The molecule has 138 valence electrons. The Balaban J connectivity index is 0.00000529. The fourth-order valence-electron chi connectivity index (χ4n) is 2.41. The monoisotopic (exact) mass is 334 g/mol.